The number of rotatable bonds is 5. The summed E-state index contributed by atoms with van der Waals surface area (Å²) >= 11 is 5.95. The Kier molecular flexibility index (Phi) is 4.72. The van der Waals surface area contributed by atoms with Gasteiger partial charge in [0, 0.05) is 12.2 Å². The molecule has 4 heteroatoms. The summed E-state index contributed by atoms with van der Waals surface area (Å²) in [5, 5.41) is 13.0. The van der Waals surface area contributed by atoms with E-state index in [0.29, 0.717) is 17.3 Å². The van der Waals surface area contributed by atoms with Crippen LogP contribution in [0.5, 0.6) is 5.75 Å². The van der Waals surface area contributed by atoms with E-state index in [0.717, 1.165) is 12.1 Å². The first-order valence-electron chi connectivity index (χ1n) is 4.92. The highest BCUT2D eigenvalue weighted by atomic mass is 35.5. The topological polar surface area (TPSA) is 41.5 Å². The van der Waals surface area contributed by atoms with Gasteiger partial charge in [-0.3, -0.25) is 0 Å². The number of halogens is 1. The molecule has 2 N–H and O–H groups in total. The van der Waals surface area contributed by atoms with Crippen LogP contribution in [-0.2, 0) is 0 Å². The van der Waals surface area contributed by atoms with Crippen LogP contribution in [0.1, 0.15) is 13.3 Å². The molecule has 3 nitrogen and oxygen atoms in total. The van der Waals surface area contributed by atoms with Crippen molar-refractivity contribution < 1.29 is 9.84 Å². The maximum Gasteiger partial charge on any atom is 0.137 e. The predicted molar refractivity (Wildman–Crippen MR) is 62.8 cm³/mol. The number of hydrogen-bond acceptors (Lipinski definition) is 3. The van der Waals surface area contributed by atoms with Gasteiger partial charge < -0.3 is 15.2 Å². The number of aliphatic hydroxyl groups excluding tert-OH is 1. The molecule has 1 aromatic carbocycles. The first-order valence-corrected chi connectivity index (χ1v) is 5.30. The molecule has 1 aromatic rings. The number of ether oxygens (including phenoxy) is 1. The fourth-order valence-corrected chi connectivity index (χ4v) is 1.41. The second kappa shape index (κ2) is 5.83. The SMILES string of the molecule is CCC(O)CNc1ccc(OC)c(Cl)c1. The van der Waals surface area contributed by atoms with Gasteiger partial charge >= 0.3 is 0 Å². The van der Waals surface area contributed by atoms with Gasteiger partial charge in [0.05, 0.1) is 18.2 Å². The van der Waals surface area contributed by atoms with E-state index in [4.69, 9.17) is 16.3 Å². The molecule has 0 saturated carbocycles. The van der Waals surface area contributed by atoms with E-state index < -0.39 is 0 Å². The third-order valence-electron chi connectivity index (χ3n) is 2.16. The van der Waals surface area contributed by atoms with E-state index in [1.165, 1.54) is 0 Å². The van der Waals surface area contributed by atoms with Crippen LogP contribution in [0.4, 0.5) is 5.69 Å². The van der Waals surface area contributed by atoms with Gasteiger partial charge in [0.15, 0.2) is 0 Å². The van der Waals surface area contributed by atoms with Gasteiger partial charge in [0.25, 0.3) is 0 Å². The average molecular weight is 230 g/mol. The van der Waals surface area contributed by atoms with Gasteiger partial charge in [-0.2, -0.15) is 0 Å². The molecular formula is C11H16ClNO2. The van der Waals surface area contributed by atoms with Gasteiger partial charge in [-0.25, -0.2) is 0 Å². The highest BCUT2D eigenvalue weighted by molar-refractivity contribution is 6.32. The third-order valence-corrected chi connectivity index (χ3v) is 2.46. The van der Waals surface area contributed by atoms with Crippen molar-refractivity contribution in [2.75, 3.05) is 19.0 Å². The Labute approximate surface area is 95.0 Å². The number of methoxy groups -OCH3 is 1. The lowest BCUT2D eigenvalue weighted by atomic mass is 10.2. The second-order valence-corrected chi connectivity index (χ2v) is 3.70. The van der Waals surface area contributed by atoms with Crippen LogP contribution in [0.2, 0.25) is 5.02 Å². The molecule has 0 spiro atoms. The molecule has 1 rings (SSSR count). The molecule has 0 aromatic heterocycles. The Hall–Kier alpha value is -0.930. The number of aliphatic hydroxyl groups is 1. The number of anilines is 1. The van der Waals surface area contributed by atoms with Gasteiger partial charge in [-0.15, -0.1) is 0 Å². The molecule has 84 valence electrons. The standard InChI is InChI=1S/C11H16ClNO2/c1-3-9(14)7-13-8-4-5-11(15-2)10(12)6-8/h4-6,9,13-14H,3,7H2,1-2H3. The Morgan fingerprint density at radius 1 is 1.53 bits per heavy atom. The van der Waals surface area contributed by atoms with Gasteiger partial charge in [-0.05, 0) is 24.6 Å². The monoisotopic (exact) mass is 229 g/mol. The summed E-state index contributed by atoms with van der Waals surface area (Å²) in [6.07, 6.45) is 0.405. The van der Waals surface area contributed by atoms with Crippen molar-refractivity contribution in [1.82, 2.24) is 0 Å². The highest BCUT2D eigenvalue weighted by Gasteiger charge is 2.03. The first kappa shape index (κ1) is 12.1. The van der Waals surface area contributed by atoms with Crippen molar-refractivity contribution in [3.8, 4) is 5.75 Å². The molecule has 0 aliphatic carbocycles. The Morgan fingerprint density at radius 2 is 2.27 bits per heavy atom. The molecule has 1 atom stereocenters. The van der Waals surface area contributed by atoms with Crippen molar-refractivity contribution in [3.05, 3.63) is 23.2 Å². The van der Waals surface area contributed by atoms with Crippen LogP contribution in [0, 0.1) is 0 Å². The van der Waals surface area contributed by atoms with Crippen LogP contribution in [0.25, 0.3) is 0 Å². The molecule has 1 unspecified atom stereocenters. The minimum absolute atomic E-state index is 0.328. The Balaban J connectivity index is 2.59. The zero-order valence-electron chi connectivity index (χ0n) is 8.96. The Bertz CT molecular complexity index is 317. The van der Waals surface area contributed by atoms with Crippen molar-refractivity contribution in [2.24, 2.45) is 0 Å². The van der Waals surface area contributed by atoms with E-state index in [1.807, 2.05) is 13.0 Å². The van der Waals surface area contributed by atoms with E-state index in [1.54, 1.807) is 19.2 Å². The second-order valence-electron chi connectivity index (χ2n) is 3.29. The van der Waals surface area contributed by atoms with Crippen molar-refractivity contribution in [1.29, 1.82) is 0 Å². The molecule has 0 amide bonds. The van der Waals surface area contributed by atoms with Crippen LogP contribution in [0.3, 0.4) is 0 Å². The lowest BCUT2D eigenvalue weighted by Crippen LogP contribution is -2.18. The average Bonchev–Trinajstić information content (AvgIpc) is 2.26. The quantitative estimate of drug-likeness (QED) is 0.815. The molecule has 15 heavy (non-hydrogen) atoms. The normalized spacial score (nSPS) is 12.3. The third kappa shape index (κ3) is 3.61. The maximum atomic E-state index is 9.37. The lowest BCUT2D eigenvalue weighted by molar-refractivity contribution is 0.183. The minimum Gasteiger partial charge on any atom is -0.495 e. The van der Waals surface area contributed by atoms with Gasteiger partial charge in [0.1, 0.15) is 5.75 Å². The van der Waals surface area contributed by atoms with Crippen molar-refractivity contribution in [2.45, 2.75) is 19.4 Å². The highest BCUT2D eigenvalue weighted by Crippen LogP contribution is 2.27. The number of hydrogen-bond donors (Lipinski definition) is 2. The van der Waals surface area contributed by atoms with Crippen molar-refractivity contribution >= 4 is 17.3 Å². The largest absolute Gasteiger partial charge is 0.495 e. The molecule has 0 aliphatic heterocycles. The summed E-state index contributed by atoms with van der Waals surface area (Å²) in [6, 6.07) is 5.44. The summed E-state index contributed by atoms with van der Waals surface area (Å²) in [4.78, 5) is 0. The summed E-state index contributed by atoms with van der Waals surface area (Å²) in [6.45, 7) is 2.46. The van der Waals surface area contributed by atoms with Crippen LogP contribution < -0.4 is 10.1 Å². The summed E-state index contributed by atoms with van der Waals surface area (Å²) < 4.78 is 5.04. The minimum atomic E-state index is -0.328. The van der Waals surface area contributed by atoms with Crippen molar-refractivity contribution in [3.63, 3.8) is 0 Å². The fraction of sp³-hybridized carbons (Fsp3) is 0.455. The summed E-state index contributed by atoms with van der Waals surface area (Å²) in [5.74, 6) is 0.651. The molecule has 0 saturated heterocycles. The molecule has 0 radical (unpaired) electrons. The smallest absolute Gasteiger partial charge is 0.137 e. The van der Waals surface area contributed by atoms with Gasteiger partial charge in [-0.1, -0.05) is 18.5 Å². The van der Waals surface area contributed by atoms with Gasteiger partial charge in [0.2, 0.25) is 0 Å². The number of benzene rings is 1. The Morgan fingerprint density at radius 3 is 2.80 bits per heavy atom. The van der Waals surface area contributed by atoms with E-state index >= 15 is 0 Å². The van der Waals surface area contributed by atoms with Crippen LogP contribution >= 0.6 is 11.6 Å². The van der Waals surface area contributed by atoms with Crippen LogP contribution in [0.15, 0.2) is 18.2 Å². The zero-order chi connectivity index (χ0) is 11.3. The fourth-order valence-electron chi connectivity index (χ4n) is 1.16. The lowest BCUT2D eigenvalue weighted by Gasteiger charge is -2.11. The molecule has 0 heterocycles. The van der Waals surface area contributed by atoms with Crippen LogP contribution in [-0.4, -0.2) is 24.9 Å². The molecule has 0 bridgehead atoms. The van der Waals surface area contributed by atoms with E-state index in [9.17, 15) is 5.11 Å². The summed E-state index contributed by atoms with van der Waals surface area (Å²) in [5.41, 5.74) is 0.883. The predicted octanol–water partition coefficient (Wildman–Crippen LogP) is 2.53. The first-order chi connectivity index (χ1) is 7.17. The summed E-state index contributed by atoms with van der Waals surface area (Å²) in [7, 11) is 1.58. The molecule has 0 aliphatic rings. The zero-order valence-corrected chi connectivity index (χ0v) is 9.71. The number of nitrogens with one attached hydrogen (secondary N) is 1. The molecule has 0 fully saturated rings. The van der Waals surface area contributed by atoms with E-state index in [2.05, 4.69) is 5.32 Å². The van der Waals surface area contributed by atoms with E-state index in [-0.39, 0.29) is 6.10 Å². The maximum absolute atomic E-state index is 9.37. The molecular weight excluding hydrogens is 214 g/mol.